The molecule has 0 saturated carbocycles. The molecule has 0 amide bonds. The standard InChI is InChI=1S/C12H14O2S/c1-8(13-2)11-6-9-4-5-10(14-3)7-12(9)15-11/h4-8H,1-3H3. The summed E-state index contributed by atoms with van der Waals surface area (Å²) in [7, 11) is 3.42. The predicted octanol–water partition coefficient (Wildman–Crippen LogP) is 3.62. The first-order valence-electron chi connectivity index (χ1n) is 4.85. The molecule has 0 aliphatic heterocycles. The Kier molecular flexibility index (Phi) is 2.93. The zero-order valence-corrected chi connectivity index (χ0v) is 9.93. The van der Waals surface area contributed by atoms with Gasteiger partial charge in [-0.15, -0.1) is 11.3 Å². The lowest BCUT2D eigenvalue weighted by Gasteiger charge is -2.04. The molecule has 0 aliphatic carbocycles. The normalized spacial score (nSPS) is 13.0. The van der Waals surface area contributed by atoms with Gasteiger partial charge in [0, 0.05) is 16.7 Å². The molecule has 1 aromatic heterocycles. The Labute approximate surface area is 93.4 Å². The Bertz CT molecular complexity index is 462. The predicted molar refractivity (Wildman–Crippen MR) is 63.8 cm³/mol. The van der Waals surface area contributed by atoms with E-state index in [1.165, 1.54) is 15.0 Å². The fraction of sp³-hybridized carbons (Fsp3) is 0.333. The highest BCUT2D eigenvalue weighted by atomic mass is 32.1. The fourth-order valence-electron chi connectivity index (χ4n) is 1.48. The smallest absolute Gasteiger partial charge is 0.120 e. The maximum Gasteiger partial charge on any atom is 0.120 e. The van der Waals surface area contributed by atoms with Crippen molar-refractivity contribution in [2.24, 2.45) is 0 Å². The van der Waals surface area contributed by atoms with E-state index >= 15 is 0 Å². The molecule has 1 aromatic carbocycles. The largest absolute Gasteiger partial charge is 0.497 e. The van der Waals surface area contributed by atoms with Crippen LogP contribution < -0.4 is 4.74 Å². The molecule has 0 saturated heterocycles. The molecule has 1 unspecified atom stereocenters. The maximum atomic E-state index is 5.30. The number of hydrogen-bond acceptors (Lipinski definition) is 3. The van der Waals surface area contributed by atoms with Crippen molar-refractivity contribution in [2.75, 3.05) is 14.2 Å². The molecule has 1 heterocycles. The van der Waals surface area contributed by atoms with Gasteiger partial charge in [0.15, 0.2) is 0 Å². The average Bonchev–Trinajstić information content (AvgIpc) is 2.70. The van der Waals surface area contributed by atoms with Crippen LogP contribution in [0.2, 0.25) is 0 Å². The molecule has 0 radical (unpaired) electrons. The van der Waals surface area contributed by atoms with Gasteiger partial charge in [0.25, 0.3) is 0 Å². The van der Waals surface area contributed by atoms with Crippen molar-refractivity contribution in [1.29, 1.82) is 0 Å². The van der Waals surface area contributed by atoms with Crippen molar-refractivity contribution in [3.8, 4) is 5.75 Å². The number of fused-ring (bicyclic) bond motifs is 1. The van der Waals surface area contributed by atoms with Crippen LogP contribution in [0, 0.1) is 0 Å². The van der Waals surface area contributed by atoms with Crippen molar-refractivity contribution < 1.29 is 9.47 Å². The number of thiophene rings is 1. The molecule has 0 aliphatic rings. The van der Waals surface area contributed by atoms with Gasteiger partial charge >= 0.3 is 0 Å². The van der Waals surface area contributed by atoms with Crippen LogP contribution in [0.25, 0.3) is 10.1 Å². The van der Waals surface area contributed by atoms with Crippen LogP contribution in [-0.2, 0) is 4.74 Å². The van der Waals surface area contributed by atoms with Crippen LogP contribution in [0.15, 0.2) is 24.3 Å². The number of hydrogen-bond donors (Lipinski definition) is 0. The van der Waals surface area contributed by atoms with E-state index in [1.807, 2.05) is 6.07 Å². The lowest BCUT2D eigenvalue weighted by molar-refractivity contribution is 0.122. The molecule has 0 fully saturated rings. The summed E-state index contributed by atoms with van der Waals surface area (Å²) in [5, 5.41) is 1.25. The SMILES string of the molecule is COc1ccc2cc(C(C)OC)sc2c1. The number of methoxy groups -OCH3 is 2. The van der Waals surface area contributed by atoms with Gasteiger partial charge < -0.3 is 9.47 Å². The third kappa shape index (κ3) is 1.98. The zero-order valence-electron chi connectivity index (χ0n) is 9.11. The molecule has 0 spiro atoms. The lowest BCUT2D eigenvalue weighted by atomic mass is 10.2. The first-order valence-corrected chi connectivity index (χ1v) is 5.66. The Hall–Kier alpha value is -1.06. The van der Waals surface area contributed by atoms with E-state index in [0.29, 0.717) is 0 Å². The summed E-state index contributed by atoms with van der Waals surface area (Å²) in [6.07, 6.45) is 0.161. The molecule has 2 nitrogen and oxygen atoms in total. The summed E-state index contributed by atoms with van der Waals surface area (Å²) in [5.41, 5.74) is 0. The second kappa shape index (κ2) is 4.21. The average molecular weight is 222 g/mol. The van der Waals surface area contributed by atoms with E-state index in [1.54, 1.807) is 25.6 Å². The van der Waals surface area contributed by atoms with Gasteiger partial charge in [-0.1, -0.05) is 0 Å². The van der Waals surface area contributed by atoms with E-state index in [0.717, 1.165) is 5.75 Å². The van der Waals surface area contributed by atoms with Gasteiger partial charge in [-0.25, -0.2) is 0 Å². The molecule has 15 heavy (non-hydrogen) atoms. The Morgan fingerprint density at radius 3 is 2.67 bits per heavy atom. The molecule has 1 atom stereocenters. The van der Waals surface area contributed by atoms with Gasteiger partial charge in [-0.2, -0.15) is 0 Å². The van der Waals surface area contributed by atoms with Crippen molar-refractivity contribution in [3.63, 3.8) is 0 Å². The van der Waals surface area contributed by atoms with Gasteiger partial charge in [-0.3, -0.25) is 0 Å². The molecule has 3 heteroatoms. The summed E-state index contributed by atoms with van der Waals surface area (Å²) < 4.78 is 11.7. The molecule has 2 aromatic rings. The third-order valence-electron chi connectivity index (χ3n) is 2.50. The van der Waals surface area contributed by atoms with Crippen LogP contribution in [-0.4, -0.2) is 14.2 Å². The van der Waals surface area contributed by atoms with Crippen molar-refractivity contribution >= 4 is 21.4 Å². The minimum atomic E-state index is 0.161. The topological polar surface area (TPSA) is 18.5 Å². The first-order chi connectivity index (χ1) is 7.24. The van der Waals surface area contributed by atoms with E-state index in [9.17, 15) is 0 Å². The maximum absolute atomic E-state index is 5.30. The third-order valence-corrected chi connectivity index (χ3v) is 3.76. The first kappa shape index (κ1) is 10.5. The number of rotatable bonds is 3. The summed E-state index contributed by atoms with van der Waals surface area (Å²) in [5.74, 6) is 0.904. The lowest BCUT2D eigenvalue weighted by Crippen LogP contribution is -1.90. The van der Waals surface area contributed by atoms with Gasteiger partial charge in [0.05, 0.1) is 13.2 Å². The summed E-state index contributed by atoms with van der Waals surface area (Å²) in [4.78, 5) is 1.25. The Morgan fingerprint density at radius 2 is 2.00 bits per heavy atom. The highest BCUT2D eigenvalue weighted by Gasteiger charge is 2.08. The minimum absolute atomic E-state index is 0.161. The van der Waals surface area contributed by atoms with E-state index in [2.05, 4.69) is 25.1 Å². The Balaban J connectivity index is 2.46. The van der Waals surface area contributed by atoms with Gasteiger partial charge in [-0.05, 0) is 36.6 Å². The quantitative estimate of drug-likeness (QED) is 0.789. The van der Waals surface area contributed by atoms with E-state index in [4.69, 9.17) is 9.47 Å². The summed E-state index contributed by atoms with van der Waals surface area (Å²) >= 11 is 1.75. The molecule has 0 bridgehead atoms. The van der Waals surface area contributed by atoms with Crippen LogP contribution in [0.1, 0.15) is 17.9 Å². The van der Waals surface area contributed by atoms with Crippen molar-refractivity contribution in [1.82, 2.24) is 0 Å². The molecular formula is C12H14O2S. The molecular weight excluding hydrogens is 208 g/mol. The van der Waals surface area contributed by atoms with Crippen LogP contribution in [0.4, 0.5) is 0 Å². The number of benzene rings is 1. The van der Waals surface area contributed by atoms with Gasteiger partial charge in [0.2, 0.25) is 0 Å². The highest BCUT2D eigenvalue weighted by molar-refractivity contribution is 7.19. The van der Waals surface area contributed by atoms with Crippen LogP contribution >= 0.6 is 11.3 Å². The minimum Gasteiger partial charge on any atom is -0.497 e. The van der Waals surface area contributed by atoms with E-state index in [-0.39, 0.29) is 6.10 Å². The monoisotopic (exact) mass is 222 g/mol. The number of ether oxygens (including phenoxy) is 2. The highest BCUT2D eigenvalue weighted by Crippen LogP contribution is 2.33. The van der Waals surface area contributed by atoms with Crippen LogP contribution in [0.3, 0.4) is 0 Å². The molecule has 80 valence electrons. The summed E-state index contributed by atoms with van der Waals surface area (Å²) in [6.45, 7) is 2.06. The second-order valence-corrected chi connectivity index (χ2v) is 4.55. The second-order valence-electron chi connectivity index (χ2n) is 3.43. The molecule has 2 rings (SSSR count). The van der Waals surface area contributed by atoms with Crippen molar-refractivity contribution in [2.45, 2.75) is 13.0 Å². The van der Waals surface area contributed by atoms with E-state index < -0.39 is 0 Å². The Morgan fingerprint density at radius 1 is 1.20 bits per heavy atom. The molecule has 0 N–H and O–H groups in total. The summed E-state index contributed by atoms with van der Waals surface area (Å²) in [6, 6.07) is 8.30. The van der Waals surface area contributed by atoms with Crippen molar-refractivity contribution in [3.05, 3.63) is 29.1 Å². The zero-order chi connectivity index (χ0) is 10.8. The fourth-order valence-corrected chi connectivity index (χ4v) is 2.60. The van der Waals surface area contributed by atoms with Gasteiger partial charge in [0.1, 0.15) is 5.75 Å². The van der Waals surface area contributed by atoms with Crippen LogP contribution in [0.5, 0.6) is 5.75 Å².